The Kier molecular flexibility index (Phi) is 3.97. The molecule has 1 aromatic heterocycles. The van der Waals surface area contributed by atoms with Gasteiger partial charge in [0, 0.05) is 26.0 Å². The molecule has 2 heterocycles. The summed E-state index contributed by atoms with van der Waals surface area (Å²) in [6.45, 7) is 3.35. The van der Waals surface area contributed by atoms with Crippen molar-refractivity contribution in [3.05, 3.63) is 18.0 Å². The van der Waals surface area contributed by atoms with Crippen LogP contribution in [0.4, 0.5) is 5.95 Å². The first-order valence-corrected chi connectivity index (χ1v) is 7.57. The summed E-state index contributed by atoms with van der Waals surface area (Å²) in [5.74, 6) is 2.32. The van der Waals surface area contributed by atoms with Gasteiger partial charge in [-0.1, -0.05) is 6.42 Å². The molecule has 3 rings (SSSR count). The fourth-order valence-corrected chi connectivity index (χ4v) is 3.03. The van der Waals surface area contributed by atoms with Gasteiger partial charge in [0.05, 0.1) is 0 Å². The first kappa shape index (κ1) is 12.9. The summed E-state index contributed by atoms with van der Waals surface area (Å²) in [5.41, 5.74) is 1.32. The monoisotopic (exact) mass is 260 g/mol. The maximum atomic E-state index is 4.54. The molecular formula is C15H24N4. The van der Waals surface area contributed by atoms with Gasteiger partial charge >= 0.3 is 0 Å². The number of aromatic nitrogens is 2. The third-order valence-electron chi connectivity index (χ3n) is 4.51. The first-order chi connectivity index (χ1) is 9.33. The molecule has 0 amide bonds. The lowest BCUT2D eigenvalue weighted by Gasteiger charge is -2.28. The SMILES string of the molecule is CN(CC1CCCNC1)c1ncc(C2CCC2)cn1. The molecule has 1 unspecified atom stereocenters. The number of hydrogen-bond donors (Lipinski definition) is 1. The van der Waals surface area contributed by atoms with Gasteiger partial charge in [-0.15, -0.1) is 0 Å². The lowest BCUT2D eigenvalue weighted by molar-refractivity contribution is 0.380. The van der Waals surface area contributed by atoms with E-state index in [2.05, 4.69) is 27.2 Å². The van der Waals surface area contributed by atoms with E-state index in [0.717, 1.165) is 30.9 Å². The van der Waals surface area contributed by atoms with Crippen molar-refractivity contribution in [2.24, 2.45) is 5.92 Å². The molecular weight excluding hydrogens is 236 g/mol. The number of piperidine rings is 1. The highest BCUT2D eigenvalue weighted by molar-refractivity contribution is 5.29. The Morgan fingerprint density at radius 3 is 2.58 bits per heavy atom. The molecule has 1 aromatic rings. The highest BCUT2D eigenvalue weighted by Crippen LogP contribution is 2.35. The summed E-state index contributed by atoms with van der Waals surface area (Å²) in [5, 5.41) is 3.46. The number of nitrogens with one attached hydrogen (secondary N) is 1. The Labute approximate surface area is 115 Å². The van der Waals surface area contributed by atoms with E-state index >= 15 is 0 Å². The zero-order valence-corrected chi connectivity index (χ0v) is 11.8. The lowest BCUT2D eigenvalue weighted by atomic mass is 9.81. The van der Waals surface area contributed by atoms with Crippen LogP contribution in [0, 0.1) is 5.92 Å². The molecule has 1 N–H and O–H groups in total. The molecule has 1 atom stereocenters. The second kappa shape index (κ2) is 5.87. The van der Waals surface area contributed by atoms with Gasteiger partial charge in [0.2, 0.25) is 5.95 Å². The number of rotatable bonds is 4. The topological polar surface area (TPSA) is 41.0 Å². The van der Waals surface area contributed by atoms with E-state index in [1.807, 2.05) is 12.4 Å². The predicted octanol–water partition coefficient (Wildman–Crippen LogP) is 2.18. The van der Waals surface area contributed by atoms with Gasteiger partial charge in [-0.3, -0.25) is 0 Å². The molecule has 2 aliphatic rings. The molecule has 4 heteroatoms. The third kappa shape index (κ3) is 3.06. The van der Waals surface area contributed by atoms with Crippen molar-refractivity contribution in [2.45, 2.75) is 38.0 Å². The zero-order valence-electron chi connectivity index (χ0n) is 11.8. The molecule has 19 heavy (non-hydrogen) atoms. The van der Waals surface area contributed by atoms with Crippen molar-refractivity contribution >= 4 is 5.95 Å². The Morgan fingerprint density at radius 2 is 2.00 bits per heavy atom. The summed E-state index contributed by atoms with van der Waals surface area (Å²) in [6, 6.07) is 0. The van der Waals surface area contributed by atoms with Crippen molar-refractivity contribution < 1.29 is 0 Å². The quantitative estimate of drug-likeness (QED) is 0.901. The van der Waals surface area contributed by atoms with Crippen LogP contribution in [0.15, 0.2) is 12.4 Å². The predicted molar refractivity (Wildman–Crippen MR) is 77.5 cm³/mol. The molecule has 104 valence electrons. The highest BCUT2D eigenvalue weighted by Gasteiger charge is 2.21. The van der Waals surface area contributed by atoms with Crippen LogP contribution < -0.4 is 10.2 Å². The summed E-state index contributed by atoms with van der Waals surface area (Å²) in [7, 11) is 2.10. The standard InChI is InChI=1S/C15H24N4/c1-19(11-12-4-3-7-16-8-12)15-17-9-14(10-18-15)13-5-2-6-13/h9-10,12-13,16H,2-8,11H2,1H3. The van der Waals surface area contributed by atoms with E-state index in [1.165, 1.54) is 44.2 Å². The molecule has 1 saturated carbocycles. The largest absolute Gasteiger partial charge is 0.344 e. The minimum atomic E-state index is 0.724. The van der Waals surface area contributed by atoms with Gasteiger partial charge in [0.1, 0.15) is 0 Å². The van der Waals surface area contributed by atoms with Gasteiger partial charge in [-0.25, -0.2) is 9.97 Å². The minimum absolute atomic E-state index is 0.724. The average Bonchev–Trinajstić information content (AvgIpc) is 2.39. The Morgan fingerprint density at radius 1 is 1.21 bits per heavy atom. The Balaban J connectivity index is 1.57. The maximum absolute atomic E-state index is 4.54. The molecule has 0 bridgehead atoms. The molecule has 1 aliphatic heterocycles. The van der Waals surface area contributed by atoms with Gasteiger partial charge in [-0.2, -0.15) is 0 Å². The van der Waals surface area contributed by atoms with E-state index in [-0.39, 0.29) is 0 Å². The van der Waals surface area contributed by atoms with Crippen LogP contribution in [-0.4, -0.2) is 36.6 Å². The van der Waals surface area contributed by atoms with Crippen molar-refractivity contribution in [3.8, 4) is 0 Å². The molecule has 4 nitrogen and oxygen atoms in total. The third-order valence-corrected chi connectivity index (χ3v) is 4.51. The lowest BCUT2D eigenvalue weighted by Crippen LogP contribution is -2.37. The van der Waals surface area contributed by atoms with Crippen molar-refractivity contribution in [3.63, 3.8) is 0 Å². The van der Waals surface area contributed by atoms with Crippen molar-refractivity contribution in [1.29, 1.82) is 0 Å². The van der Waals surface area contributed by atoms with Crippen LogP contribution in [0.25, 0.3) is 0 Å². The van der Waals surface area contributed by atoms with E-state index < -0.39 is 0 Å². The van der Waals surface area contributed by atoms with Crippen molar-refractivity contribution in [1.82, 2.24) is 15.3 Å². The number of hydrogen-bond acceptors (Lipinski definition) is 4. The number of nitrogens with zero attached hydrogens (tertiary/aromatic N) is 3. The summed E-state index contributed by atoms with van der Waals surface area (Å²) >= 11 is 0. The van der Waals surface area contributed by atoms with Crippen LogP contribution in [0.2, 0.25) is 0 Å². The smallest absolute Gasteiger partial charge is 0.225 e. The van der Waals surface area contributed by atoms with Gasteiger partial charge in [0.25, 0.3) is 0 Å². The average molecular weight is 260 g/mol. The Hall–Kier alpha value is -1.16. The molecule has 2 fully saturated rings. The van der Waals surface area contributed by atoms with Crippen molar-refractivity contribution in [2.75, 3.05) is 31.6 Å². The molecule has 1 aliphatic carbocycles. The zero-order chi connectivity index (χ0) is 13.1. The molecule has 0 spiro atoms. The van der Waals surface area contributed by atoms with Gasteiger partial charge < -0.3 is 10.2 Å². The summed E-state index contributed by atoms with van der Waals surface area (Å²) in [4.78, 5) is 11.3. The fourth-order valence-electron chi connectivity index (χ4n) is 3.03. The second-order valence-corrected chi connectivity index (χ2v) is 6.04. The second-order valence-electron chi connectivity index (χ2n) is 6.04. The van der Waals surface area contributed by atoms with Crippen LogP contribution in [-0.2, 0) is 0 Å². The summed E-state index contributed by atoms with van der Waals surface area (Å²) in [6.07, 6.45) is 10.7. The van der Waals surface area contributed by atoms with E-state index in [9.17, 15) is 0 Å². The minimum Gasteiger partial charge on any atom is -0.344 e. The van der Waals surface area contributed by atoms with Crippen LogP contribution in [0.5, 0.6) is 0 Å². The highest BCUT2D eigenvalue weighted by atomic mass is 15.2. The van der Waals surface area contributed by atoms with E-state index in [1.54, 1.807) is 0 Å². The van der Waals surface area contributed by atoms with Crippen LogP contribution in [0.3, 0.4) is 0 Å². The first-order valence-electron chi connectivity index (χ1n) is 7.57. The van der Waals surface area contributed by atoms with E-state index in [4.69, 9.17) is 0 Å². The fraction of sp³-hybridized carbons (Fsp3) is 0.733. The van der Waals surface area contributed by atoms with E-state index in [0.29, 0.717) is 0 Å². The maximum Gasteiger partial charge on any atom is 0.225 e. The van der Waals surface area contributed by atoms with Gasteiger partial charge in [0.15, 0.2) is 0 Å². The Bertz CT molecular complexity index is 393. The summed E-state index contributed by atoms with van der Waals surface area (Å²) < 4.78 is 0. The normalized spacial score (nSPS) is 23.9. The van der Waals surface area contributed by atoms with Gasteiger partial charge in [-0.05, 0) is 56.2 Å². The molecule has 1 saturated heterocycles. The molecule has 0 aromatic carbocycles. The van der Waals surface area contributed by atoms with Crippen LogP contribution in [0.1, 0.15) is 43.6 Å². The van der Waals surface area contributed by atoms with Crippen LogP contribution >= 0.6 is 0 Å². The number of anilines is 1. The molecule has 0 radical (unpaired) electrons.